The lowest BCUT2D eigenvalue weighted by molar-refractivity contribution is -0.145. The first kappa shape index (κ1) is 11.7. The average Bonchev–Trinajstić information content (AvgIpc) is 2.58. The SMILES string of the molecule is CCOC(=O)C1Cc2cc(F)c(F)cc2C1=O. The molecule has 1 unspecified atom stereocenters. The molecule has 0 aliphatic heterocycles. The molecule has 0 saturated carbocycles. The lowest BCUT2D eigenvalue weighted by atomic mass is 10.1. The van der Waals surface area contributed by atoms with Gasteiger partial charge in [-0.05, 0) is 31.0 Å². The largest absolute Gasteiger partial charge is 0.465 e. The molecule has 1 aliphatic rings. The summed E-state index contributed by atoms with van der Waals surface area (Å²) in [5, 5.41) is 0. The Balaban J connectivity index is 2.33. The van der Waals surface area contributed by atoms with Crippen molar-refractivity contribution in [2.24, 2.45) is 5.92 Å². The highest BCUT2D eigenvalue weighted by atomic mass is 19.2. The van der Waals surface area contributed by atoms with Crippen LogP contribution in [-0.2, 0) is 16.0 Å². The predicted octanol–water partition coefficient (Wildman–Crippen LogP) is 1.88. The molecule has 0 amide bonds. The topological polar surface area (TPSA) is 43.4 Å². The Bertz CT molecular complexity index is 497. The van der Waals surface area contributed by atoms with Crippen LogP contribution in [0.1, 0.15) is 22.8 Å². The zero-order valence-electron chi connectivity index (χ0n) is 9.13. The normalized spacial score (nSPS) is 18.1. The summed E-state index contributed by atoms with van der Waals surface area (Å²) in [4.78, 5) is 23.3. The van der Waals surface area contributed by atoms with E-state index >= 15 is 0 Å². The molecule has 0 heterocycles. The van der Waals surface area contributed by atoms with Crippen molar-refractivity contribution < 1.29 is 23.1 Å². The molecule has 3 nitrogen and oxygen atoms in total. The highest BCUT2D eigenvalue weighted by molar-refractivity contribution is 6.12. The summed E-state index contributed by atoms with van der Waals surface area (Å²) in [6.07, 6.45) is 0.0736. The van der Waals surface area contributed by atoms with E-state index in [1.54, 1.807) is 6.92 Å². The Kier molecular flexibility index (Phi) is 2.92. The first-order valence-electron chi connectivity index (χ1n) is 5.23. The van der Waals surface area contributed by atoms with E-state index in [4.69, 9.17) is 4.74 Å². The molecule has 5 heteroatoms. The van der Waals surface area contributed by atoms with Gasteiger partial charge in [0.05, 0.1) is 6.61 Å². The van der Waals surface area contributed by atoms with Gasteiger partial charge in [-0.3, -0.25) is 9.59 Å². The van der Waals surface area contributed by atoms with Crippen LogP contribution in [0.3, 0.4) is 0 Å². The minimum Gasteiger partial charge on any atom is -0.465 e. The van der Waals surface area contributed by atoms with Crippen LogP contribution in [0.15, 0.2) is 12.1 Å². The van der Waals surface area contributed by atoms with E-state index < -0.39 is 29.3 Å². The van der Waals surface area contributed by atoms with E-state index in [9.17, 15) is 18.4 Å². The summed E-state index contributed by atoms with van der Waals surface area (Å²) in [5.41, 5.74) is 0.425. The van der Waals surface area contributed by atoms with Crippen LogP contribution in [0.25, 0.3) is 0 Å². The maximum Gasteiger partial charge on any atom is 0.317 e. The van der Waals surface area contributed by atoms with Crippen molar-refractivity contribution in [1.82, 2.24) is 0 Å². The van der Waals surface area contributed by atoms with Crippen LogP contribution in [0.5, 0.6) is 0 Å². The van der Waals surface area contributed by atoms with Crippen molar-refractivity contribution in [1.29, 1.82) is 0 Å². The van der Waals surface area contributed by atoms with Gasteiger partial charge in [-0.15, -0.1) is 0 Å². The van der Waals surface area contributed by atoms with Crippen LogP contribution < -0.4 is 0 Å². The molecular formula is C12H10F2O3. The number of Topliss-reactive ketones (excluding diaryl/α,β-unsaturated/α-hetero) is 1. The third-order valence-electron chi connectivity index (χ3n) is 2.72. The summed E-state index contributed by atoms with van der Waals surface area (Å²) < 4.78 is 30.7. The van der Waals surface area contributed by atoms with E-state index in [1.165, 1.54) is 0 Å². The van der Waals surface area contributed by atoms with Gasteiger partial charge in [0.2, 0.25) is 0 Å². The van der Waals surface area contributed by atoms with Crippen molar-refractivity contribution in [2.75, 3.05) is 6.61 Å². The summed E-state index contributed by atoms with van der Waals surface area (Å²) in [6.45, 7) is 1.80. The fourth-order valence-corrected chi connectivity index (χ4v) is 1.92. The Morgan fingerprint density at radius 2 is 2.06 bits per heavy atom. The first-order valence-corrected chi connectivity index (χ1v) is 5.23. The van der Waals surface area contributed by atoms with Crippen LogP contribution in [0.2, 0.25) is 0 Å². The minimum atomic E-state index is -1.08. The standard InChI is InChI=1S/C12H10F2O3/c1-2-17-12(16)8-3-6-4-9(13)10(14)5-7(6)11(8)15/h4-5,8H,2-3H2,1H3. The zero-order chi connectivity index (χ0) is 12.6. The molecule has 0 spiro atoms. The Hall–Kier alpha value is -1.78. The summed E-state index contributed by atoms with van der Waals surface area (Å²) in [6, 6.07) is 1.80. The molecule has 0 saturated heterocycles. The van der Waals surface area contributed by atoms with E-state index in [-0.39, 0.29) is 18.6 Å². The number of ether oxygens (including phenoxy) is 1. The molecule has 1 atom stereocenters. The number of carbonyl (C=O) groups is 2. The van der Waals surface area contributed by atoms with Crippen molar-refractivity contribution in [2.45, 2.75) is 13.3 Å². The van der Waals surface area contributed by atoms with Gasteiger partial charge in [-0.2, -0.15) is 0 Å². The second kappa shape index (κ2) is 4.24. The number of carbonyl (C=O) groups excluding carboxylic acids is 2. The van der Waals surface area contributed by atoms with Crippen LogP contribution in [0, 0.1) is 17.6 Å². The van der Waals surface area contributed by atoms with Crippen LogP contribution in [0.4, 0.5) is 8.78 Å². The third-order valence-corrected chi connectivity index (χ3v) is 2.72. The van der Waals surface area contributed by atoms with Crippen molar-refractivity contribution in [3.63, 3.8) is 0 Å². The molecule has 90 valence electrons. The molecule has 1 aliphatic carbocycles. The van der Waals surface area contributed by atoms with Gasteiger partial charge in [0.15, 0.2) is 17.4 Å². The molecule has 0 N–H and O–H groups in total. The van der Waals surface area contributed by atoms with Gasteiger partial charge in [-0.1, -0.05) is 0 Å². The highest BCUT2D eigenvalue weighted by Gasteiger charge is 2.37. The number of ketones is 1. The van der Waals surface area contributed by atoms with Crippen molar-refractivity contribution in [3.8, 4) is 0 Å². The Labute approximate surface area is 96.4 Å². The monoisotopic (exact) mass is 240 g/mol. The zero-order valence-corrected chi connectivity index (χ0v) is 9.13. The number of hydrogen-bond donors (Lipinski definition) is 0. The van der Waals surface area contributed by atoms with Crippen molar-refractivity contribution >= 4 is 11.8 Å². The lowest BCUT2D eigenvalue weighted by Crippen LogP contribution is -2.23. The molecule has 0 aromatic heterocycles. The summed E-state index contributed by atoms with van der Waals surface area (Å²) in [5.74, 6) is -4.21. The Morgan fingerprint density at radius 1 is 1.41 bits per heavy atom. The van der Waals surface area contributed by atoms with Crippen LogP contribution >= 0.6 is 0 Å². The molecule has 0 fully saturated rings. The highest BCUT2D eigenvalue weighted by Crippen LogP contribution is 2.29. The average molecular weight is 240 g/mol. The number of fused-ring (bicyclic) bond motifs is 1. The molecular weight excluding hydrogens is 230 g/mol. The van der Waals surface area contributed by atoms with Crippen molar-refractivity contribution in [3.05, 3.63) is 34.9 Å². The Morgan fingerprint density at radius 3 is 2.71 bits per heavy atom. The maximum absolute atomic E-state index is 13.0. The number of esters is 1. The molecule has 1 aromatic rings. The predicted molar refractivity (Wildman–Crippen MR) is 54.5 cm³/mol. The maximum atomic E-state index is 13.0. The molecule has 1 aromatic carbocycles. The number of halogens is 2. The quantitative estimate of drug-likeness (QED) is 0.585. The molecule has 17 heavy (non-hydrogen) atoms. The fraction of sp³-hybridized carbons (Fsp3) is 0.333. The molecule has 2 rings (SSSR count). The van der Waals surface area contributed by atoms with Crippen LogP contribution in [-0.4, -0.2) is 18.4 Å². The number of benzene rings is 1. The van der Waals surface area contributed by atoms with Gasteiger partial charge in [0.25, 0.3) is 0 Å². The third kappa shape index (κ3) is 1.92. The second-order valence-electron chi connectivity index (χ2n) is 3.80. The number of rotatable bonds is 2. The lowest BCUT2D eigenvalue weighted by Gasteiger charge is -2.05. The van der Waals surface area contributed by atoms with E-state index in [1.807, 2.05) is 0 Å². The summed E-state index contributed by atoms with van der Waals surface area (Å²) >= 11 is 0. The van der Waals surface area contributed by atoms with Gasteiger partial charge < -0.3 is 4.74 Å². The fourth-order valence-electron chi connectivity index (χ4n) is 1.92. The summed E-state index contributed by atoms with van der Waals surface area (Å²) in [7, 11) is 0. The van der Waals surface area contributed by atoms with Gasteiger partial charge in [-0.25, -0.2) is 8.78 Å². The smallest absolute Gasteiger partial charge is 0.317 e. The molecule has 0 radical (unpaired) electrons. The number of hydrogen-bond acceptors (Lipinski definition) is 3. The molecule has 0 bridgehead atoms. The minimum absolute atomic E-state index is 0.0713. The van der Waals surface area contributed by atoms with E-state index in [0.717, 1.165) is 12.1 Å². The van der Waals surface area contributed by atoms with Gasteiger partial charge in [0, 0.05) is 5.56 Å². The van der Waals surface area contributed by atoms with E-state index in [2.05, 4.69) is 0 Å². The van der Waals surface area contributed by atoms with Gasteiger partial charge in [0.1, 0.15) is 5.92 Å². The van der Waals surface area contributed by atoms with E-state index in [0.29, 0.717) is 5.56 Å². The first-order chi connectivity index (χ1) is 8.04. The van der Waals surface area contributed by atoms with Gasteiger partial charge >= 0.3 is 5.97 Å². The second-order valence-corrected chi connectivity index (χ2v) is 3.80.